The molecule has 1 saturated heterocycles. The van der Waals surface area contributed by atoms with Crippen molar-refractivity contribution in [1.29, 1.82) is 0 Å². The van der Waals surface area contributed by atoms with Crippen LogP contribution in [0.2, 0.25) is 0 Å². The first-order chi connectivity index (χ1) is 11.0. The molecule has 0 aromatic heterocycles. The lowest BCUT2D eigenvalue weighted by atomic mass is 10.1. The Hall–Kier alpha value is -1.60. The number of aryl methyl sites for hydroxylation is 2. The molecule has 23 heavy (non-hydrogen) atoms. The molecule has 0 aliphatic carbocycles. The van der Waals surface area contributed by atoms with Gasteiger partial charge in [-0.1, -0.05) is 41.7 Å². The topological polar surface area (TPSA) is 61.4 Å². The summed E-state index contributed by atoms with van der Waals surface area (Å²) in [6.45, 7) is 5.82. The molecular weight excluding hydrogens is 330 g/mol. The van der Waals surface area contributed by atoms with Gasteiger partial charge in [-0.05, 0) is 38.3 Å². The van der Waals surface area contributed by atoms with Crippen LogP contribution in [0.1, 0.15) is 24.0 Å². The molecule has 1 aromatic carbocycles. The minimum Gasteiger partial charge on any atom is -0.358 e. The van der Waals surface area contributed by atoms with Gasteiger partial charge in [0.2, 0.25) is 5.91 Å². The number of nitrogens with one attached hydrogen (secondary N) is 2. The molecule has 1 aromatic rings. The van der Waals surface area contributed by atoms with Crippen molar-refractivity contribution in [1.82, 2.24) is 10.2 Å². The van der Waals surface area contributed by atoms with Crippen LogP contribution < -0.4 is 10.6 Å². The lowest BCUT2D eigenvalue weighted by Crippen LogP contribution is -2.36. The molecule has 1 aliphatic rings. The summed E-state index contributed by atoms with van der Waals surface area (Å²) in [6.07, 6.45) is 2.29. The van der Waals surface area contributed by atoms with Gasteiger partial charge in [0.25, 0.3) is 0 Å². The number of hydrogen-bond donors (Lipinski definition) is 2. The molecule has 0 bridgehead atoms. The van der Waals surface area contributed by atoms with E-state index < -0.39 is 6.03 Å². The van der Waals surface area contributed by atoms with E-state index >= 15 is 0 Å². The molecule has 0 radical (unpaired) electrons. The number of thioether (sulfide) groups is 1. The van der Waals surface area contributed by atoms with E-state index in [0.29, 0.717) is 5.69 Å². The number of rotatable bonds is 3. The number of anilines is 1. The number of thiocarbonyl (C=S) groups is 1. The third-order valence-electron chi connectivity index (χ3n) is 3.57. The van der Waals surface area contributed by atoms with Gasteiger partial charge in [0.05, 0.1) is 5.75 Å². The number of urea groups is 1. The maximum absolute atomic E-state index is 11.9. The zero-order chi connectivity index (χ0) is 16.8. The van der Waals surface area contributed by atoms with Crippen LogP contribution in [0.15, 0.2) is 18.2 Å². The average molecular weight is 351 g/mol. The fourth-order valence-corrected chi connectivity index (χ4v) is 3.44. The molecule has 124 valence electrons. The van der Waals surface area contributed by atoms with E-state index in [9.17, 15) is 9.59 Å². The monoisotopic (exact) mass is 351 g/mol. The number of benzene rings is 1. The second-order valence-electron chi connectivity index (χ2n) is 5.57. The zero-order valence-electron chi connectivity index (χ0n) is 13.3. The first-order valence-corrected chi connectivity index (χ1v) is 8.95. The van der Waals surface area contributed by atoms with Gasteiger partial charge in [-0.3, -0.25) is 10.1 Å². The van der Waals surface area contributed by atoms with Crippen LogP contribution >= 0.6 is 24.0 Å². The standard InChI is InChI=1S/C16H21N3O2S2/c1-11-5-6-13(12(2)9-11)17-15(21)18-14(20)10-23-16(22)19-7-3-4-8-19/h5-6,9H,3-4,7-8,10H2,1-2H3,(H2,17,18,20,21). The van der Waals surface area contributed by atoms with E-state index in [2.05, 4.69) is 15.5 Å². The maximum Gasteiger partial charge on any atom is 0.325 e. The highest BCUT2D eigenvalue weighted by Crippen LogP contribution is 2.17. The summed E-state index contributed by atoms with van der Waals surface area (Å²) in [4.78, 5) is 25.8. The van der Waals surface area contributed by atoms with Crippen LogP contribution in [0, 0.1) is 13.8 Å². The fourth-order valence-electron chi connectivity index (χ4n) is 2.39. The Morgan fingerprint density at radius 1 is 1.26 bits per heavy atom. The molecule has 0 atom stereocenters. The average Bonchev–Trinajstić information content (AvgIpc) is 3.02. The number of imide groups is 1. The van der Waals surface area contributed by atoms with Crippen LogP contribution in [0.4, 0.5) is 10.5 Å². The first kappa shape index (κ1) is 17.7. The molecule has 1 aliphatic heterocycles. The van der Waals surface area contributed by atoms with Gasteiger partial charge in [0.1, 0.15) is 4.32 Å². The minimum absolute atomic E-state index is 0.148. The summed E-state index contributed by atoms with van der Waals surface area (Å²) >= 11 is 6.59. The van der Waals surface area contributed by atoms with E-state index in [4.69, 9.17) is 12.2 Å². The van der Waals surface area contributed by atoms with E-state index in [-0.39, 0.29) is 11.7 Å². The first-order valence-electron chi connectivity index (χ1n) is 7.55. The second kappa shape index (κ2) is 8.31. The van der Waals surface area contributed by atoms with E-state index in [0.717, 1.165) is 41.4 Å². The Morgan fingerprint density at radius 3 is 2.61 bits per heavy atom. The van der Waals surface area contributed by atoms with Gasteiger partial charge in [0, 0.05) is 18.8 Å². The number of carbonyl (C=O) groups is 2. The number of nitrogens with zero attached hydrogens (tertiary/aromatic N) is 1. The number of carbonyl (C=O) groups excluding carboxylic acids is 2. The van der Waals surface area contributed by atoms with E-state index in [1.165, 1.54) is 11.8 Å². The predicted octanol–water partition coefficient (Wildman–Crippen LogP) is 3.07. The molecule has 0 unspecified atom stereocenters. The molecule has 5 nitrogen and oxygen atoms in total. The summed E-state index contributed by atoms with van der Waals surface area (Å²) < 4.78 is 0.729. The lowest BCUT2D eigenvalue weighted by molar-refractivity contribution is -0.117. The van der Waals surface area contributed by atoms with Crippen molar-refractivity contribution in [3.8, 4) is 0 Å². The Morgan fingerprint density at radius 2 is 1.96 bits per heavy atom. The van der Waals surface area contributed by atoms with Gasteiger partial charge in [-0.2, -0.15) is 0 Å². The van der Waals surface area contributed by atoms with E-state index in [1.807, 2.05) is 32.0 Å². The smallest absolute Gasteiger partial charge is 0.325 e. The van der Waals surface area contributed by atoms with Crippen LogP contribution in [0.25, 0.3) is 0 Å². The Bertz CT molecular complexity index is 613. The minimum atomic E-state index is -0.519. The van der Waals surface area contributed by atoms with Crippen LogP contribution in [0.3, 0.4) is 0 Å². The third-order valence-corrected chi connectivity index (χ3v) is 5.10. The van der Waals surface area contributed by atoms with Gasteiger partial charge in [-0.15, -0.1) is 0 Å². The molecule has 7 heteroatoms. The van der Waals surface area contributed by atoms with Crippen molar-refractivity contribution in [3.63, 3.8) is 0 Å². The van der Waals surface area contributed by atoms with Crippen LogP contribution in [-0.2, 0) is 4.79 Å². The summed E-state index contributed by atoms with van der Waals surface area (Å²) in [7, 11) is 0. The van der Waals surface area contributed by atoms with Gasteiger partial charge >= 0.3 is 6.03 Å². The summed E-state index contributed by atoms with van der Waals surface area (Å²) in [6, 6.07) is 5.19. The molecule has 1 heterocycles. The van der Waals surface area contributed by atoms with Gasteiger partial charge in [-0.25, -0.2) is 4.79 Å². The molecule has 2 rings (SSSR count). The SMILES string of the molecule is Cc1ccc(NC(=O)NC(=O)CSC(=S)N2CCCC2)c(C)c1. The number of amides is 3. The van der Waals surface area contributed by atoms with Crippen molar-refractivity contribution in [2.24, 2.45) is 0 Å². The Labute approximate surface area is 146 Å². The highest BCUT2D eigenvalue weighted by molar-refractivity contribution is 8.23. The molecule has 0 spiro atoms. The summed E-state index contributed by atoms with van der Waals surface area (Å²) in [5, 5.41) is 5.02. The highest BCUT2D eigenvalue weighted by Gasteiger charge is 2.17. The largest absolute Gasteiger partial charge is 0.358 e. The predicted molar refractivity (Wildman–Crippen MR) is 98.9 cm³/mol. The van der Waals surface area contributed by atoms with Crippen LogP contribution in [-0.4, -0.2) is 40.0 Å². The van der Waals surface area contributed by atoms with E-state index in [1.54, 1.807) is 0 Å². The third kappa shape index (κ3) is 5.51. The van der Waals surface area contributed by atoms with Gasteiger partial charge in [0.15, 0.2) is 0 Å². The molecular formula is C16H21N3O2S2. The molecule has 2 N–H and O–H groups in total. The van der Waals surface area contributed by atoms with Crippen LogP contribution in [0.5, 0.6) is 0 Å². The van der Waals surface area contributed by atoms with Crippen molar-refractivity contribution < 1.29 is 9.59 Å². The molecule has 0 saturated carbocycles. The quantitative estimate of drug-likeness (QED) is 0.820. The summed E-state index contributed by atoms with van der Waals surface area (Å²) in [5.74, 6) is -0.200. The highest BCUT2D eigenvalue weighted by atomic mass is 32.2. The molecule has 1 fully saturated rings. The summed E-state index contributed by atoms with van der Waals surface area (Å²) in [5.41, 5.74) is 2.77. The van der Waals surface area contributed by atoms with Crippen molar-refractivity contribution in [2.45, 2.75) is 26.7 Å². The lowest BCUT2D eigenvalue weighted by Gasteiger charge is -2.17. The van der Waals surface area contributed by atoms with Crippen molar-refractivity contribution in [3.05, 3.63) is 29.3 Å². The zero-order valence-corrected chi connectivity index (χ0v) is 15.0. The Balaban J connectivity index is 1.76. The maximum atomic E-state index is 11.9. The number of hydrogen-bond acceptors (Lipinski definition) is 4. The van der Waals surface area contributed by atoms with Gasteiger partial charge < -0.3 is 10.2 Å². The molecule has 3 amide bonds. The van der Waals surface area contributed by atoms with Crippen molar-refractivity contribution in [2.75, 3.05) is 24.2 Å². The fraction of sp³-hybridized carbons (Fsp3) is 0.438. The normalized spacial score (nSPS) is 13.7. The number of likely N-dealkylation sites (tertiary alicyclic amines) is 1. The Kier molecular flexibility index (Phi) is 6.41. The second-order valence-corrected chi connectivity index (χ2v) is 7.18. The van der Waals surface area contributed by atoms with Crippen molar-refractivity contribution >= 4 is 45.9 Å².